The Labute approximate surface area is 306 Å². The largest absolute Gasteiger partial charge is 0.462 e. The van der Waals surface area contributed by atoms with Crippen molar-refractivity contribution < 1.29 is 52.8 Å². The number of carbonyl (C=O) groups is 6. The van der Waals surface area contributed by atoms with Crippen LogP contribution in [0.1, 0.15) is 94.8 Å². The van der Waals surface area contributed by atoms with Gasteiger partial charge in [-0.15, -0.1) is 0 Å². The van der Waals surface area contributed by atoms with Gasteiger partial charge in [-0.25, -0.2) is 24.2 Å². The van der Waals surface area contributed by atoms with E-state index in [1.54, 1.807) is 48.5 Å². The van der Waals surface area contributed by atoms with Crippen LogP contribution in [0.25, 0.3) is 0 Å². The van der Waals surface area contributed by atoms with Crippen LogP contribution >= 0.6 is 0 Å². The van der Waals surface area contributed by atoms with Crippen LogP contribution < -0.4 is 10.6 Å². The Morgan fingerprint density at radius 3 is 1.06 bits per heavy atom. The molecule has 0 aliphatic carbocycles. The molecule has 4 aromatic carbocycles. The summed E-state index contributed by atoms with van der Waals surface area (Å²) in [4.78, 5) is 82.9. The number of unbranched alkanes of at least 4 members (excludes halogenated alkanes) is 2. The fraction of sp³-hybridized carbons (Fsp3) is 0.250. The van der Waals surface area contributed by atoms with Gasteiger partial charge in [-0.05, 0) is 118 Å². The molecule has 0 aliphatic rings. The van der Waals surface area contributed by atoms with E-state index in [2.05, 4.69) is 15.5 Å². The molecule has 0 saturated carbocycles. The molecule has 0 aromatic heterocycles. The molecule has 0 atom stereocenters. The van der Waals surface area contributed by atoms with Crippen LogP contribution in [0.3, 0.4) is 0 Å². The maximum absolute atomic E-state index is 12.8. The summed E-state index contributed by atoms with van der Waals surface area (Å²) in [7, 11) is 1.42. The third-order valence-electron chi connectivity index (χ3n) is 7.67. The Bertz CT molecular complexity index is 1860. The van der Waals surface area contributed by atoms with E-state index < -0.39 is 23.8 Å². The van der Waals surface area contributed by atoms with Crippen molar-refractivity contribution in [3.8, 4) is 0 Å². The standard InChI is InChI=1S/C40H40N2O11/c1-27(43)28-7-9-29(10-8-28)36(44)41-34-19-21-35(22-20-34)42-37(45)30-11-13-31(14-12-30)38(46)50-23-3-4-24-51-39(47)32-15-17-33(18-16-32)40(48)52-25-5-6-26-53-49-2/h7-22H,3-6,23-26H2,1-2H3,(H,41,44)(H,42,45). The molecule has 0 unspecified atom stereocenters. The quantitative estimate of drug-likeness (QED) is 0.0263. The fourth-order valence-corrected chi connectivity index (χ4v) is 4.69. The number of anilines is 2. The lowest BCUT2D eigenvalue weighted by molar-refractivity contribution is -0.272. The summed E-state index contributed by atoms with van der Waals surface area (Å²) in [6.45, 7) is 2.32. The number of rotatable bonds is 19. The minimum atomic E-state index is -0.555. The van der Waals surface area contributed by atoms with Crippen molar-refractivity contribution in [3.05, 3.63) is 130 Å². The zero-order valence-corrected chi connectivity index (χ0v) is 29.4. The molecule has 2 N–H and O–H groups in total. The number of carbonyl (C=O) groups excluding carboxylic acids is 6. The van der Waals surface area contributed by atoms with Crippen molar-refractivity contribution in [2.24, 2.45) is 0 Å². The second-order valence-corrected chi connectivity index (χ2v) is 11.6. The second-order valence-electron chi connectivity index (χ2n) is 11.6. The molecular weight excluding hydrogens is 684 g/mol. The van der Waals surface area contributed by atoms with Gasteiger partial charge in [-0.2, -0.15) is 0 Å². The maximum Gasteiger partial charge on any atom is 0.338 e. The number of ketones is 1. The number of nitrogens with one attached hydrogen (secondary N) is 2. The van der Waals surface area contributed by atoms with Gasteiger partial charge in [-0.3, -0.25) is 14.4 Å². The van der Waals surface area contributed by atoms with Gasteiger partial charge in [0.25, 0.3) is 11.8 Å². The topological polar surface area (TPSA) is 173 Å². The van der Waals surface area contributed by atoms with Crippen LogP contribution in [0.5, 0.6) is 0 Å². The minimum Gasteiger partial charge on any atom is -0.462 e. The van der Waals surface area contributed by atoms with Crippen LogP contribution in [0.2, 0.25) is 0 Å². The molecule has 0 aliphatic heterocycles. The molecule has 13 nitrogen and oxygen atoms in total. The summed E-state index contributed by atoms with van der Waals surface area (Å²) < 4.78 is 15.8. The third-order valence-corrected chi connectivity index (χ3v) is 7.67. The number of amides is 2. The third kappa shape index (κ3) is 12.8. The van der Waals surface area contributed by atoms with E-state index in [-0.39, 0.29) is 42.6 Å². The van der Waals surface area contributed by atoms with E-state index >= 15 is 0 Å². The van der Waals surface area contributed by atoms with Gasteiger partial charge in [0.05, 0.1) is 50.2 Å². The highest BCUT2D eigenvalue weighted by atomic mass is 17.2. The first kappa shape index (κ1) is 39.6. The first-order valence-corrected chi connectivity index (χ1v) is 16.9. The minimum absolute atomic E-state index is 0.0861. The molecular formula is C40H40N2O11. The lowest BCUT2D eigenvalue weighted by Gasteiger charge is -2.09. The molecule has 0 fully saturated rings. The average Bonchev–Trinajstić information content (AvgIpc) is 3.18. The predicted octanol–water partition coefficient (Wildman–Crippen LogP) is 6.70. The van der Waals surface area contributed by atoms with E-state index in [1.807, 2.05) is 0 Å². The summed E-state index contributed by atoms with van der Waals surface area (Å²) in [6, 6.07) is 24.9. The van der Waals surface area contributed by atoms with Crippen LogP contribution in [0.15, 0.2) is 97.1 Å². The maximum atomic E-state index is 12.8. The highest BCUT2D eigenvalue weighted by molar-refractivity contribution is 6.06. The van der Waals surface area contributed by atoms with Gasteiger partial charge in [0, 0.05) is 28.1 Å². The number of esters is 3. The Hall–Kier alpha value is -6.18. The summed E-state index contributed by atoms with van der Waals surface area (Å²) >= 11 is 0. The molecule has 0 bridgehead atoms. The highest BCUT2D eigenvalue weighted by Crippen LogP contribution is 2.17. The van der Waals surface area contributed by atoms with Gasteiger partial charge in [-0.1, -0.05) is 12.1 Å². The monoisotopic (exact) mass is 724 g/mol. The zero-order valence-electron chi connectivity index (χ0n) is 29.4. The number of ether oxygens (including phenoxy) is 3. The Morgan fingerprint density at radius 2 is 0.736 bits per heavy atom. The first-order valence-electron chi connectivity index (χ1n) is 16.9. The van der Waals surface area contributed by atoms with E-state index in [0.29, 0.717) is 65.9 Å². The number of hydrogen-bond donors (Lipinski definition) is 2. The predicted molar refractivity (Wildman–Crippen MR) is 194 cm³/mol. The van der Waals surface area contributed by atoms with E-state index in [4.69, 9.17) is 19.1 Å². The van der Waals surface area contributed by atoms with Crippen LogP contribution in [-0.2, 0) is 24.0 Å². The zero-order chi connectivity index (χ0) is 38.0. The van der Waals surface area contributed by atoms with Crippen LogP contribution in [0, 0.1) is 0 Å². The fourth-order valence-electron chi connectivity index (χ4n) is 4.69. The molecule has 0 spiro atoms. The molecule has 276 valence electrons. The lowest BCUT2D eigenvalue weighted by Crippen LogP contribution is -2.14. The SMILES string of the molecule is COOCCCCOC(=O)c1ccc(C(=O)OCCCCOC(=O)c2ccc(C(=O)Nc3ccc(NC(=O)c4ccc(C(C)=O)cc4)cc3)cc2)cc1. The molecule has 53 heavy (non-hydrogen) atoms. The lowest BCUT2D eigenvalue weighted by atomic mass is 10.1. The van der Waals surface area contributed by atoms with Crippen molar-refractivity contribution in [2.45, 2.75) is 32.6 Å². The van der Waals surface area contributed by atoms with Gasteiger partial charge in [0.15, 0.2) is 5.78 Å². The summed E-state index contributed by atoms with van der Waals surface area (Å²) in [5, 5.41) is 5.54. The van der Waals surface area contributed by atoms with Gasteiger partial charge >= 0.3 is 17.9 Å². The summed E-state index contributed by atoms with van der Waals surface area (Å²) in [5.74, 6) is -2.40. The second kappa shape index (κ2) is 20.6. The molecule has 0 radical (unpaired) electrons. The Kier molecular flexibility index (Phi) is 15.4. The summed E-state index contributed by atoms with van der Waals surface area (Å²) in [5.41, 5.74) is 3.14. The summed E-state index contributed by atoms with van der Waals surface area (Å²) in [6.07, 6.45) is 2.22. The van der Waals surface area contributed by atoms with Crippen molar-refractivity contribution in [1.82, 2.24) is 0 Å². The molecule has 4 aromatic rings. The molecule has 0 heterocycles. The van der Waals surface area contributed by atoms with Crippen molar-refractivity contribution in [1.29, 1.82) is 0 Å². The highest BCUT2D eigenvalue weighted by Gasteiger charge is 2.13. The van der Waals surface area contributed by atoms with Crippen molar-refractivity contribution >= 4 is 46.9 Å². The molecule has 2 amide bonds. The molecule has 4 rings (SSSR count). The first-order chi connectivity index (χ1) is 25.6. The molecule has 13 heteroatoms. The number of benzene rings is 4. The molecule has 0 saturated heterocycles. The number of Topliss-reactive ketones (excluding diaryl/α,β-unsaturated/α-hetero) is 1. The smallest absolute Gasteiger partial charge is 0.338 e. The number of hydrogen-bond acceptors (Lipinski definition) is 11. The van der Waals surface area contributed by atoms with Crippen LogP contribution in [0.4, 0.5) is 11.4 Å². The van der Waals surface area contributed by atoms with Gasteiger partial charge < -0.3 is 24.8 Å². The van der Waals surface area contributed by atoms with E-state index in [1.165, 1.54) is 62.6 Å². The van der Waals surface area contributed by atoms with Gasteiger partial charge in [0.1, 0.15) is 0 Å². The van der Waals surface area contributed by atoms with Crippen molar-refractivity contribution in [2.75, 3.05) is 44.2 Å². The van der Waals surface area contributed by atoms with Crippen LogP contribution in [-0.4, -0.2) is 69.0 Å². The van der Waals surface area contributed by atoms with Crippen molar-refractivity contribution in [3.63, 3.8) is 0 Å². The normalized spacial score (nSPS) is 10.5. The van der Waals surface area contributed by atoms with Gasteiger partial charge in [0.2, 0.25) is 0 Å². The Morgan fingerprint density at radius 1 is 0.434 bits per heavy atom. The van der Waals surface area contributed by atoms with E-state index in [0.717, 1.165) is 0 Å². The Balaban J connectivity index is 1.11. The van der Waals surface area contributed by atoms with E-state index in [9.17, 15) is 28.8 Å². The average molecular weight is 725 g/mol.